The number of carboxylic acid groups (broad SMARTS) is 6. The monoisotopic (exact) mass is 522 g/mol. The Morgan fingerprint density at radius 2 is 0.364 bits per heavy atom. The van der Waals surface area contributed by atoms with Gasteiger partial charge in [-0.1, -0.05) is 0 Å². The van der Waals surface area contributed by atoms with E-state index in [2.05, 4.69) is 0 Å². The van der Waals surface area contributed by atoms with Gasteiger partial charge in [0.1, 0.15) is 0 Å². The third-order valence-corrected chi connectivity index (χ3v) is 2.42. The molecule has 0 aliphatic heterocycles. The Bertz CT molecular complexity index is 502. The molecular formula is C12H21Na3O18. The number of aliphatic carboxylic acids is 6. The molecule has 0 amide bonds. The number of rotatable bonds is 9. The minimum atomic E-state index is -2.27. The molecule has 6 unspecified atom stereocenters. The van der Waals surface area contributed by atoms with E-state index >= 15 is 0 Å². The number of aliphatic hydroxyl groups is 6. The Labute approximate surface area is 249 Å². The van der Waals surface area contributed by atoms with Gasteiger partial charge in [0.15, 0.2) is 36.6 Å². The van der Waals surface area contributed by atoms with Gasteiger partial charge < -0.3 is 61.3 Å². The fourth-order valence-corrected chi connectivity index (χ4v) is 0.810. The average molecular weight is 522 g/mol. The van der Waals surface area contributed by atoms with Crippen LogP contribution in [-0.2, 0) is 28.8 Å². The molecule has 0 saturated heterocycles. The first-order valence-electron chi connectivity index (χ1n) is 6.85. The second kappa shape index (κ2) is 23.3. The average Bonchev–Trinajstić information content (AvgIpc) is 2.64. The molecule has 0 aliphatic rings. The van der Waals surface area contributed by atoms with Gasteiger partial charge in [0.2, 0.25) is 0 Å². The molecule has 0 saturated carbocycles. The third-order valence-electron chi connectivity index (χ3n) is 2.42. The van der Waals surface area contributed by atoms with Crippen molar-refractivity contribution < 1.29 is 90.0 Å². The van der Waals surface area contributed by atoms with Crippen molar-refractivity contribution >= 4 is 124 Å². The molecule has 0 fully saturated rings. The van der Waals surface area contributed by atoms with E-state index in [0.29, 0.717) is 0 Å². The second-order valence-corrected chi connectivity index (χ2v) is 4.70. The number of aliphatic hydroxyl groups excluding tert-OH is 6. The predicted molar refractivity (Wildman–Crippen MR) is 103 cm³/mol. The molecule has 0 aromatic heterocycles. The van der Waals surface area contributed by atoms with Gasteiger partial charge in [-0.05, 0) is 0 Å². The fourth-order valence-electron chi connectivity index (χ4n) is 0.810. The van der Waals surface area contributed by atoms with Crippen LogP contribution in [0.3, 0.4) is 0 Å². The molecule has 0 heterocycles. The van der Waals surface area contributed by atoms with Crippen molar-refractivity contribution in [2.75, 3.05) is 0 Å². The number of hydrogen-bond acceptors (Lipinski definition) is 12. The van der Waals surface area contributed by atoms with E-state index in [9.17, 15) is 28.8 Å². The van der Waals surface area contributed by atoms with Gasteiger partial charge in [-0.2, -0.15) is 0 Å². The molecule has 0 rings (SSSR count). The summed E-state index contributed by atoms with van der Waals surface area (Å²) in [6.07, 6.45) is -13.6. The van der Waals surface area contributed by atoms with Crippen molar-refractivity contribution in [3.8, 4) is 0 Å². The van der Waals surface area contributed by atoms with E-state index in [1.807, 2.05) is 0 Å². The van der Waals surface area contributed by atoms with Crippen LogP contribution >= 0.6 is 0 Å². The molecule has 0 radical (unpaired) electrons. The summed E-state index contributed by atoms with van der Waals surface area (Å²) >= 11 is 0. The maximum atomic E-state index is 9.77. The van der Waals surface area contributed by atoms with Crippen molar-refractivity contribution in [1.29, 1.82) is 0 Å². The zero-order chi connectivity index (χ0) is 24.9. The normalized spacial score (nSPS) is 14.4. The molecule has 18 nitrogen and oxygen atoms in total. The standard InChI is InChI=1S/3C4H6O6.3Na.3H/c3*5-1(3(7)8)2(6)4(9)10;;;;;;/h3*1-2,5-6H,(H,7,8)(H,9,10);;;;;;. The van der Waals surface area contributed by atoms with E-state index in [0.717, 1.165) is 0 Å². The minimum absolute atomic E-state index is 0. The Morgan fingerprint density at radius 1 is 0.303 bits per heavy atom. The van der Waals surface area contributed by atoms with Crippen LogP contribution in [-0.4, -0.2) is 222 Å². The molecule has 0 bridgehead atoms. The van der Waals surface area contributed by atoms with Crippen molar-refractivity contribution in [1.82, 2.24) is 0 Å². The molecule has 0 aromatic rings. The number of hydrogen-bond donors (Lipinski definition) is 12. The zero-order valence-electron chi connectivity index (χ0n) is 14.3. The van der Waals surface area contributed by atoms with Crippen molar-refractivity contribution in [3.63, 3.8) is 0 Å². The van der Waals surface area contributed by atoms with Crippen molar-refractivity contribution in [2.24, 2.45) is 0 Å². The summed E-state index contributed by atoms with van der Waals surface area (Å²) in [5, 5.41) is 97.6. The van der Waals surface area contributed by atoms with Crippen LogP contribution in [0.2, 0.25) is 0 Å². The van der Waals surface area contributed by atoms with E-state index in [-0.39, 0.29) is 88.7 Å². The molecule has 6 atom stereocenters. The Balaban J connectivity index is -0.0000000792. The van der Waals surface area contributed by atoms with Crippen LogP contribution in [0.25, 0.3) is 0 Å². The van der Waals surface area contributed by atoms with E-state index in [1.165, 1.54) is 0 Å². The summed E-state index contributed by atoms with van der Waals surface area (Å²) in [6, 6.07) is 0. The van der Waals surface area contributed by atoms with Crippen LogP contribution in [0.5, 0.6) is 0 Å². The van der Waals surface area contributed by atoms with Gasteiger partial charge in [0.05, 0.1) is 0 Å². The van der Waals surface area contributed by atoms with Crippen LogP contribution < -0.4 is 0 Å². The number of carboxylic acids is 6. The van der Waals surface area contributed by atoms with Crippen molar-refractivity contribution in [3.05, 3.63) is 0 Å². The van der Waals surface area contributed by atoms with Crippen molar-refractivity contribution in [2.45, 2.75) is 36.6 Å². The van der Waals surface area contributed by atoms with Gasteiger partial charge in [0, 0.05) is 0 Å². The quantitative estimate of drug-likeness (QED) is 0.125. The van der Waals surface area contributed by atoms with Crippen LogP contribution in [0.4, 0.5) is 0 Å². The number of carbonyl (C=O) groups is 6. The first-order valence-corrected chi connectivity index (χ1v) is 6.85. The third kappa shape index (κ3) is 21.8. The first kappa shape index (κ1) is 46.0. The molecule has 0 aromatic carbocycles. The first-order chi connectivity index (χ1) is 13.4. The summed E-state index contributed by atoms with van der Waals surface area (Å²) < 4.78 is 0. The summed E-state index contributed by atoms with van der Waals surface area (Å²) in [6.45, 7) is 0. The fraction of sp³-hybridized carbons (Fsp3) is 0.500. The zero-order valence-corrected chi connectivity index (χ0v) is 14.3. The molecule has 0 aliphatic carbocycles. The van der Waals surface area contributed by atoms with E-state index < -0.39 is 72.4 Å². The van der Waals surface area contributed by atoms with Crippen LogP contribution in [0, 0.1) is 0 Å². The van der Waals surface area contributed by atoms with Gasteiger partial charge in [-0.25, -0.2) is 28.8 Å². The molecule has 21 heteroatoms. The molecule has 180 valence electrons. The van der Waals surface area contributed by atoms with Gasteiger partial charge in [-0.3, -0.25) is 0 Å². The maximum absolute atomic E-state index is 9.77. The topological polar surface area (TPSA) is 345 Å². The van der Waals surface area contributed by atoms with Crippen LogP contribution in [0.15, 0.2) is 0 Å². The molecule has 33 heavy (non-hydrogen) atoms. The van der Waals surface area contributed by atoms with Gasteiger partial charge in [0.25, 0.3) is 0 Å². The second-order valence-electron chi connectivity index (χ2n) is 4.70. The summed E-state index contributed by atoms with van der Waals surface area (Å²) in [5.41, 5.74) is 0. The Hall–Kier alpha value is -0.420. The molecular weight excluding hydrogens is 501 g/mol. The van der Waals surface area contributed by atoms with E-state index in [4.69, 9.17) is 61.3 Å². The van der Waals surface area contributed by atoms with Gasteiger partial charge in [-0.15, -0.1) is 0 Å². The van der Waals surface area contributed by atoms with Gasteiger partial charge >= 0.3 is 124 Å². The molecule has 12 N–H and O–H groups in total. The summed E-state index contributed by atoms with van der Waals surface area (Å²) in [7, 11) is 0. The Morgan fingerprint density at radius 3 is 0.394 bits per heavy atom. The molecule has 0 spiro atoms. The Kier molecular flexibility index (Phi) is 32.5. The summed E-state index contributed by atoms with van der Waals surface area (Å²) in [4.78, 5) is 58.6. The SMILES string of the molecule is O=C(O)C(O)C(O)C(=O)O.O=C(O)C(O)C(O)C(=O)O.O=C(O)C(O)C(O)C(=O)O.[NaH].[NaH].[NaH]. The van der Waals surface area contributed by atoms with Crippen LogP contribution in [0.1, 0.15) is 0 Å². The predicted octanol–water partition coefficient (Wildman–Crippen LogP) is -8.31. The van der Waals surface area contributed by atoms with E-state index in [1.54, 1.807) is 0 Å². The summed E-state index contributed by atoms with van der Waals surface area (Å²) in [5.74, 6) is -10.6.